The SMILES string of the molecule is C=CC(=O)OCC[N+](C)(CC)CC[Si](OC)(OC)OC.[Br-]. The zero-order valence-electron chi connectivity index (χ0n) is 13.7. The molecule has 0 saturated heterocycles. The van der Waals surface area contributed by atoms with Gasteiger partial charge in [0.05, 0.1) is 26.2 Å². The van der Waals surface area contributed by atoms with Crippen LogP contribution in [0, 0.1) is 0 Å². The van der Waals surface area contributed by atoms with E-state index in [1.165, 1.54) is 6.08 Å². The van der Waals surface area contributed by atoms with Crippen molar-refractivity contribution in [3.8, 4) is 0 Å². The van der Waals surface area contributed by atoms with Crippen molar-refractivity contribution in [1.82, 2.24) is 0 Å². The molecule has 0 aromatic heterocycles. The lowest BCUT2D eigenvalue weighted by Gasteiger charge is -2.35. The van der Waals surface area contributed by atoms with E-state index in [4.69, 9.17) is 18.0 Å². The molecule has 0 amide bonds. The molecule has 0 bridgehead atoms. The van der Waals surface area contributed by atoms with Crippen molar-refractivity contribution in [2.75, 3.05) is 54.6 Å². The highest BCUT2D eigenvalue weighted by atomic mass is 79.9. The van der Waals surface area contributed by atoms with Crippen LogP contribution in [0.5, 0.6) is 0 Å². The smallest absolute Gasteiger partial charge is 0.505 e. The van der Waals surface area contributed by atoms with E-state index in [1.54, 1.807) is 21.3 Å². The van der Waals surface area contributed by atoms with Crippen LogP contribution in [0.25, 0.3) is 0 Å². The fraction of sp³-hybridized carbons (Fsp3) is 0.769. The first-order valence-electron chi connectivity index (χ1n) is 6.69. The molecule has 8 heteroatoms. The molecule has 0 aromatic rings. The molecule has 21 heavy (non-hydrogen) atoms. The Morgan fingerprint density at radius 3 is 2.10 bits per heavy atom. The van der Waals surface area contributed by atoms with Gasteiger partial charge in [-0.15, -0.1) is 0 Å². The van der Waals surface area contributed by atoms with Gasteiger partial charge in [0.2, 0.25) is 0 Å². The standard InChI is InChI=1S/C13H28NO5Si.BrH/c1-7-13(15)19-11-9-14(3,8-2)10-12-20(16-4,17-5)18-6;/h7H,1,8-12H2,2-6H3;1H/q+1;/p-1. The van der Waals surface area contributed by atoms with E-state index in [2.05, 4.69) is 20.6 Å². The summed E-state index contributed by atoms with van der Waals surface area (Å²) in [5.41, 5.74) is 0. The number of quaternary nitrogens is 1. The Labute approximate surface area is 139 Å². The molecule has 0 aliphatic heterocycles. The zero-order valence-corrected chi connectivity index (χ0v) is 16.3. The molecule has 0 N–H and O–H groups in total. The van der Waals surface area contributed by atoms with E-state index in [-0.39, 0.29) is 23.0 Å². The van der Waals surface area contributed by atoms with Gasteiger partial charge in [0, 0.05) is 27.4 Å². The summed E-state index contributed by atoms with van der Waals surface area (Å²) >= 11 is 0. The minimum absolute atomic E-state index is 0. The first-order valence-corrected chi connectivity index (χ1v) is 8.62. The molecular formula is C13H28BrNO5Si. The predicted molar refractivity (Wildman–Crippen MR) is 79.2 cm³/mol. The van der Waals surface area contributed by atoms with E-state index < -0.39 is 8.80 Å². The first kappa shape index (κ1) is 23.0. The van der Waals surface area contributed by atoms with Crippen LogP contribution in [0.3, 0.4) is 0 Å². The number of hydrogen-bond donors (Lipinski definition) is 0. The quantitative estimate of drug-likeness (QED) is 0.179. The molecule has 6 nitrogen and oxygen atoms in total. The van der Waals surface area contributed by atoms with Crippen LogP contribution in [0.15, 0.2) is 12.7 Å². The highest BCUT2D eigenvalue weighted by molar-refractivity contribution is 6.60. The van der Waals surface area contributed by atoms with Gasteiger partial charge < -0.3 is 39.5 Å². The summed E-state index contributed by atoms with van der Waals surface area (Å²) < 4.78 is 22.1. The van der Waals surface area contributed by atoms with Gasteiger partial charge in [-0.2, -0.15) is 0 Å². The Morgan fingerprint density at radius 1 is 1.19 bits per heavy atom. The fourth-order valence-corrected chi connectivity index (χ4v) is 3.74. The topological polar surface area (TPSA) is 54.0 Å². The van der Waals surface area contributed by atoms with Crippen molar-refractivity contribution < 1.29 is 44.3 Å². The number of esters is 1. The van der Waals surface area contributed by atoms with Crippen molar-refractivity contribution >= 4 is 14.8 Å². The van der Waals surface area contributed by atoms with Gasteiger partial charge in [0.15, 0.2) is 0 Å². The Kier molecular flexibility index (Phi) is 12.4. The Balaban J connectivity index is 0. The van der Waals surface area contributed by atoms with E-state index >= 15 is 0 Å². The van der Waals surface area contributed by atoms with E-state index in [1.807, 2.05) is 0 Å². The number of halogens is 1. The second-order valence-electron chi connectivity index (χ2n) is 4.80. The van der Waals surface area contributed by atoms with Crippen LogP contribution in [0.2, 0.25) is 6.04 Å². The average molecular weight is 386 g/mol. The Bertz CT molecular complexity index is 307. The van der Waals surface area contributed by atoms with E-state index in [0.29, 0.717) is 6.61 Å². The Morgan fingerprint density at radius 2 is 1.71 bits per heavy atom. The molecule has 126 valence electrons. The summed E-state index contributed by atoms with van der Waals surface area (Å²) in [7, 11) is 4.40. The summed E-state index contributed by atoms with van der Waals surface area (Å²) in [6, 6.07) is 0.718. The number of nitrogens with zero attached hydrogens (tertiary/aromatic N) is 1. The van der Waals surface area contributed by atoms with Gasteiger partial charge in [0.1, 0.15) is 13.2 Å². The van der Waals surface area contributed by atoms with Gasteiger partial charge in [-0.3, -0.25) is 0 Å². The van der Waals surface area contributed by atoms with Gasteiger partial charge in [0.25, 0.3) is 0 Å². The summed E-state index contributed by atoms with van der Waals surface area (Å²) in [4.78, 5) is 11.0. The van der Waals surface area contributed by atoms with Crippen LogP contribution in [-0.4, -0.2) is 73.9 Å². The Hall–Kier alpha value is -0.253. The molecule has 0 fully saturated rings. The van der Waals surface area contributed by atoms with E-state index in [9.17, 15) is 4.79 Å². The molecule has 0 rings (SSSR count). The lowest BCUT2D eigenvalue weighted by molar-refractivity contribution is -0.906. The third-order valence-corrected chi connectivity index (χ3v) is 6.40. The number of carbonyl (C=O) groups is 1. The number of likely N-dealkylation sites (N-methyl/N-ethyl adjacent to an activating group) is 1. The summed E-state index contributed by atoms with van der Waals surface area (Å²) in [6.07, 6.45) is 1.18. The maximum absolute atomic E-state index is 11.0. The molecule has 1 unspecified atom stereocenters. The molecule has 1 atom stereocenters. The van der Waals surface area contributed by atoms with Crippen molar-refractivity contribution in [3.05, 3.63) is 12.7 Å². The molecule has 0 aliphatic rings. The van der Waals surface area contributed by atoms with Crippen molar-refractivity contribution in [3.63, 3.8) is 0 Å². The molecule has 0 radical (unpaired) electrons. The molecule has 0 spiro atoms. The lowest BCUT2D eigenvalue weighted by Crippen LogP contribution is -3.00. The minimum Gasteiger partial charge on any atom is -1.00 e. The van der Waals surface area contributed by atoms with Gasteiger partial charge in [-0.1, -0.05) is 6.58 Å². The van der Waals surface area contributed by atoms with E-state index in [0.717, 1.165) is 30.2 Å². The highest BCUT2D eigenvalue weighted by Crippen LogP contribution is 2.16. The summed E-state index contributed by atoms with van der Waals surface area (Å²) in [5, 5.41) is 0. The van der Waals surface area contributed by atoms with Crippen LogP contribution >= 0.6 is 0 Å². The molecule has 0 saturated carbocycles. The van der Waals surface area contributed by atoms with Crippen LogP contribution < -0.4 is 17.0 Å². The summed E-state index contributed by atoms with van der Waals surface area (Å²) in [6.45, 7) is 8.34. The normalized spacial score (nSPS) is 14.0. The maximum Gasteiger partial charge on any atom is 0.505 e. The monoisotopic (exact) mass is 385 g/mol. The second-order valence-corrected chi connectivity index (χ2v) is 7.89. The maximum atomic E-state index is 11.0. The zero-order chi connectivity index (χ0) is 15.6. The van der Waals surface area contributed by atoms with Crippen LogP contribution in [0.1, 0.15) is 6.92 Å². The molecule has 0 heterocycles. The fourth-order valence-electron chi connectivity index (χ4n) is 1.82. The van der Waals surface area contributed by atoms with Crippen molar-refractivity contribution in [2.24, 2.45) is 0 Å². The molecule has 0 aliphatic carbocycles. The highest BCUT2D eigenvalue weighted by Gasteiger charge is 2.40. The first-order chi connectivity index (χ1) is 9.40. The van der Waals surface area contributed by atoms with Crippen molar-refractivity contribution in [1.29, 1.82) is 0 Å². The molecule has 0 aromatic carbocycles. The number of carbonyl (C=O) groups excluding carboxylic acids is 1. The summed E-state index contributed by atoms with van der Waals surface area (Å²) in [5.74, 6) is -0.387. The number of hydrogen-bond acceptors (Lipinski definition) is 5. The van der Waals surface area contributed by atoms with Gasteiger partial charge >= 0.3 is 14.8 Å². The minimum atomic E-state index is -2.55. The lowest BCUT2D eigenvalue weighted by atomic mass is 10.4. The van der Waals surface area contributed by atoms with Gasteiger partial charge in [-0.05, 0) is 6.92 Å². The third-order valence-electron chi connectivity index (χ3n) is 3.70. The van der Waals surface area contributed by atoms with Gasteiger partial charge in [-0.25, -0.2) is 4.79 Å². The average Bonchev–Trinajstić information content (AvgIpc) is 2.49. The van der Waals surface area contributed by atoms with Crippen LogP contribution in [0.4, 0.5) is 0 Å². The molecular weight excluding hydrogens is 358 g/mol. The second kappa shape index (κ2) is 11.3. The van der Waals surface area contributed by atoms with Crippen LogP contribution in [-0.2, 0) is 22.8 Å². The predicted octanol–water partition coefficient (Wildman–Crippen LogP) is -1.94. The number of rotatable bonds is 11. The third kappa shape index (κ3) is 8.08. The van der Waals surface area contributed by atoms with Crippen molar-refractivity contribution in [2.45, 2.75) is 13.0 Å². The number of ether oxygens (including phenoxy) is 1. The largest absolute Gasteiger partial charge is 1.00 e.